The van der Waals surface area contributed by atoms with Crippen LogP contribution in [0.1, 0.15) is 16.1 Å². The zero-order chi connectivity index (χ0) is 14.8. The summed E-state index contributed by atoms with van der Waals surface area (Å²) in [6, 6.07) is 3.31. The summed E-state index contributed by atoms with van der Waals surface area (Å²) in [5, 5.41) is 3.65. The molecular formula is C12H9F3N2O2S. The molecule has 8 heteroatoms. The molecule has 2 aromatic rings. The number of aromatic nitrogens is 1. The molecular weight excluding hydrogens is 293 g/mol. The van der Waals surface area contributed by atoms with Crippen LogP contribution in [0.2, 0.25) is 0 Å². The molecule has 0 fully saturated rings. The molecule has 0 aliphatic carbocycles. The number of nitrogens with one attached hydrogen (secondary N) is 1. The topological polar surface area (TPSA) is 51.2 Å². The van der Waals surface area contributed by atoms with E-state index < -0.39 is 17.6 Å². The van der Waals surface area contributed by atoms with E-state index in [1.54, 1.807) is 0 Å². The summed E-state index contributed by atoms with van der Waals surface area (Å²) in [4.78, 5) is 15.5. The minimum atomic E-state index is -4.60. The van der Waals surface area contributed by atoms with Gasteiger partial charge in [0.15, 0.2) is 0 Å². The highest BCUT2D eigenvalue weighted by Gasteiger charge is 2.34. The highest BCUT2D eigenvalue weighted by Crippen LogP contribution is 2.37. The molecule has 0 aliphatic rings. The smallest absolute Gasteiger partial charge is 0.418 e. The third-order valence-electron chi connectivity index (χ3n) is 2.45. The molecule has 1 heterocycles. The van der Waals surface area contributed by atoms with Crippen molar-refractivity contribution in [3.05, 3.63) is 40.3 Å². The van der Waals surface area contributed by atoms with Crippen molar-refractivity contribution in [3.63, 3.8) is 0 Å². The second kappa shape index (κ2) is 5.49. The van der Waals surface area contributed by atoms with Gasteiger partial charge in [0.2, 0.25) is 0 Å². The van der Waals surface area contributed by atoms with Gasteiger partial charge >= 0.3 is 6.18 Å². The normalized spacial score (nSPS) is 11.2. The first-order chi connectivity index (χ1) is 9.41. The van der Waals surface area contributed by atoms with Crippen LogP contribution in [0.25, 0.3) is 0 Å². The summed E-state index contributed by atoms with van der Waals surface area (Å²) in [6.07, 6.45) is -4.60. The van der Waals surface area contributed by atoms with Crippen LogP contribution in [0.15, 0.2) is 29.1 Å². The predicted octanol–water partition coefficient (Wildman–Crippen LogP) is 3.42. The number of carbonyl (C=O) groups excluding carboxylic acids is 1. The lowest BCUT2D eigenvalue weighted by Crippen LogP contribution is -2.17. The van der Waals surface area contributed by atoms with E-state index in [1.807, 2.05) is 0 Å². The highest BCUT2D eigenvalue weighted by atomic mass is 32.1. The highest BCUT2D eigenvalue weighted by molar-refractivity contribution is 7.07. The lowest BCUT2D eigenvalue weighted by molar-refractivity contribution is -0.137. The largest absolute Gasteiger partial charge is 0.497 e. The number of hydrogen-bond donors (Lipinski definition) is 1. The van der Waals surface area contributed by atoms with Gasteiger partial charge in [0.05, 0.1) is 23.9 Å². The second-order valence-corrected chi connectivity index (χ2v) is 4.46. The van der Waals surface area contributed by atoms with E-state index in [9.17, 15) is 18.0 Å². The van der Waals surface area contributed by atoms with Crippen LogP contribution in [0.5, 0.6) is 5.75 Å². The number of alkyl halides is 3. The Morgan fingerprint density at radius 2 is 2.15 bits per heavy atom. The van der Waals surface area contributed by atoms with E-state index >= 15 is 0 Å². The molecule has 0 saturated heterocycles. The Morgan fingerprint density at radius 3 is 2.70 bits per heavy atom. The van der Waals surface area contributed by atoms with Crippen molar-refractivity contribution in [3.8, 4) is 5.75 Å². The first kappa shape index (κ1) is 14.3. The Hall–Kier alpha value is -2.09. The number of thiazole rings is 1. The van der Waals surface area contributed by atoms with Crippen LogP contribution in [-0.4, -0.2) is 18.0 Å². The van der Waals surface area contributed by atoms with Crippen LogP contribution >= 0.6 is 11.3 Å². The van der Waals surface area contributed by atoms with E-state index in [0.29, 0.717) is 0 Å². The molecule has 0 saturated carbocycles. The number of methoxy groups -OCH3 is 1. The van der Waals surface area contributed by atoms with E-state index in [-0.39, 0.29) is 17.1 Å². The molecule has 0 aliphatic heterocycles. The number of rotatable bonds is 3. The van der Waals surface area contributed by atoms with Crippen molar-refractivity contribution >= 4 is 22.9 Å². The van der Waals surface area contributed by atoms with Gasteiger partial charge in [-0.2, -0.15) is 13.2 Å². The number of nitrogens with zero attached hydrogens (tertiary/aromatic N) is 1. The molecule has 20 heavy (non-hydrogen) atoms. The number of anilines is 1. The van der Waals surface area contributed by atoms with Crippen molar-refractivity contribution in [2.75, 3.05) is 12.4 Å². The average molecular weight is 302 g/mol. The van der Waals surface area contributed by atoms with E-state index in [4.69, 9.17) is 4.74 Å². The SMILES string of the molecule is COc1ccc(NC(=O)c2cscn2)c(C(F)(F)F)c1. The molecule has 1 aromatic heterocycles. The van der Waals surface area contributed by atoms with Crippen LogP contribution in [0, 0.1) is 0 Å². The quantitative estimate of drug-likeness (QED) is 0.945. The minimum Gasteiger partial charge on any atom is -0.497 e. The third-order valence-corrected chi connectivity index (χ3v) is 3.03. The molecule has 106 valence electrons. The Balaban J connectivity index is 2.34. The minimum absolute atomic E-state index is 0.0592. The molecule has 0 radical (unpaired) electrons. The van der Waals surface area contributed by atoms with Crippen LogP contribution in [0.4, 0.5) is 18.9 Å². The molecule has 1 N–H and O–H groups in total. The number of carbonyl (C=O) groups is 1. The molecule has 0 bridgehead atoms. The number of hydrogen-bond acceptors (Lipinski definition) is 4. The second-order valence-electron chi connectivity index (χ2n) is 3.74. The van der Waals surface area contributed by atoms with Crippen molar-refractivity contribution in [1.82, 2.24) is 4.98 Å². The number of benzene rings is 1. The van der Waals surface area contributed by atoms with Crippen molar-refractivity contribution in [1.29, 1.82) is 0 Å². The zero-order valence-electron chi connectivity index (χ0n) is 10.2. The van der Waals surface area contributed by atoms with Gasteiger partial charge in [-0.15, -0.1) is 11.3 Å². The number of amides is 1. The van der Waals surface area contributed by atoms with E-state index in [2.05, 4.69) is 10.3 Å². The monoisotopic (exact) mass is 302 g/mol. The average Bonchev–Trinajstić information content (AvgIpc) is 2.91. The summed E-state index contributed by atoms with van der Waals surface area (Å²) in [5.41, 5.74) is 0.184. The fraction of sp³-hybridized carbons (Fsp3) is 0.167. The fourth-order valence-corrected chi connectivity index (χ4v) is 2.04. The first-order valence-electron chi connectivity index (χ1n) is 5.36. The van der Waals surface area contributed by atoms with Crippen molar-refractivity contribution < 1.29 is 22.7 Å². The summed E-state index contributed by atoms with van der Waals surface area (Å²) in [5.74, 6) is -0.633. The van der Waals surface area contributed by atoms with Gasteiger partial charge < -0.3 is 10.1 Å². The van der Waals surface area contributed by atoms with Crippen LogP contribution in [0.3, 0.4) is 0 Å². The third kappa shape index (κ3) is 3.08. The fourth-order valence-electron chi connectivity index (χ4n) is 1.50. The molecule has 1 aromatic carbocycles. The summed E-state index contributed by atoms with van der Waals surface area (Å²) in [7, 11) is 1.27. The summed E-state index contributed by atoms with van der Waals surface area (Å²) < 4.78 is 43.6. The molecule has 2 rings (SSSR count). The Bertz CT molecular complexity index is 612. The Labute approximate surface area is 116 Å². The lowest BCUT2D eigenvalue weighted by Gasteiger charge is -2.14. The van der Waals surface area contributed by atoms with Crippen molar-refractivity contribution in [2.24, 2.45) is 0 Å². The maximum absolute atomic E-state index is 12.9. The van der Waals surface area contributed by atoms with E-state index in [1.165, 1.54) is 35.4 Å². The van der Waals surface area contributed by atoms with Crippen LogP contribution in [-0.2, 0) is 6.18 Å². The van der Waals surface area contributed by atoms with Gasteiger partial charge in [0.1, 0.15) is 11.4 Å². The predicted molar refractivity (Wildman–Crippen MR) is 68.1 cm³/mol. The van der Waals surface area contributed by atoms with E-state index in [0.717, 1.165) is 12.1 Å². The maximum Gasteiger partial charge on any atom is 0.418 e. The van der Waals surface area contributed by atoms with Gasteiger partial charge in [-0.3, -0.25) is 4.79 Å². The number of halogens is 3. The molecule has 0 atom stereocenters. The Kier molecular flexibility index (Phi) is 3.93. The molecule has 0 spiro atoms. The Morgan fingerprint density at radius 1 is 1.40 bits per heavy atom. The van der Waals surface area contributed by atoms with Gasteiger partial charge in [0, 0.05) is 5.38 Å². The van der Waals surface area contributed by atoms with Gasteiger partial charge in [-0.05, 0) is 18.2 Å². The van der Waals surface area contributed by atoms with Gasteiger partial charge in [-0.25, -0.2) is 4.98 Å². The summed E-state index contributed by atoms with van der Waals surface area (Å²) in [6.45, 7) is 0. The van der Waals surface area contributed by atoms with Gasteiger partial charge in [-0.1, -0.05) is 0 Å². The molecule has 1 amide bonds. The first-order valence-corrected chi connectivity index (χ1v) is 6.31. The van der Waals surface area contributed by atoms with Crippen LogP contribution < -0.4 is 10.1 Å². The molecule has 0 unspecified atom stereocenters. The summed E-state index contributed by atoms with van der Waals surface area (Å²) >= 11 is 1.18. The zero-order valence-corrected chi connectivity index (χ0v) is 11.0. The molecule has 4 nitrogen and oxygen atoms in total. The maximum atomic E-state index is 12.9. The lowest BCUT2D eigenvalue weighted by atomic mass is 10.1. The van der Waals surface area contributed by atoms with Crippen molar-refractivity contribution in [2.45, 2.75) is 6.18 Å². The van der Waals surface area contributed by atoms with Gasteiger partial charge in [0.25, 0.3) is 5.91 Å². The standard InChI is InChI=1S/C12H9F3N2O2S/c1-19-7-2-3-9(8(4-7)12(13,14)15)17-11(18)10-5-20-6-16-10/h2-6H,1H3,(H,17,18). The number of ether oxygens (including phenoxy) is 1.